The summed E-state index contributed by atoms with van der Waals surface area (Å²) in [5.74, 6) is -0.904. The number of benzene rings is 3. The molecule has 0 saturated heterocycles. The predicted octanol–water partition coefficient (Wildman–Crippen LogP) is 5.34. The molecule has 0 aliphatic heterocycles. The van der Waals surface area contributed by atoms with Gasteiger partial charge in [0, 0.05) is 16.6 Å². The molecule has 0 aliphatic rings. The Morgan fingerprint density at radius 2 is 1.81 bits per heavy atom. The Kier molecular flexibility index (Phi) is 4.52. The van der Waals surface area contributed by atoms with Crippen LogP contribution >= 0.6 is 11.6 Å². The van der Waals surface area contributed by atoms with Crippen LogP contribution in [-0.4, -0.2) is 15.9 Å². The predicted molar refractivity (Wildman–Crippen MR) is 104 cm³/mol. The molecule has 0 spiro atoms. The molecule has 1 N–H and O–H groups in total. The third kappa shape index (κ3) is 3.50. The van der Waals surface area contributed by atoms with Gasteiger partial charge in [0.1, 0.15) is 12.1 Å². The van der Waals surface area contributed by atoms with E-state index in [2.05, 4.69) is 15.3 Å². The maximum absolute atomic E-state index is 13.2. The molecule has 4 rings (SSSR count). The van der Waals surface area contributed by atoms with Gasteiger partial charge >= 0.3 is 0 Å². The largest absolute Gasteiger partial charge is 0.322 e. The maximum atomic E-state index is 13.2. The molecule has 1 amide bonds. The molecule has 1 heterocycles. The van der Waals surface area contributed by atoms with Crippen LogP contribution in [0, 0.1) is 5.82 Å². The van der Waals surface area contributed by atoms with Crippen LogP contribution in [0.2, 0.25) is 5.02 Å². The highest BCUT2D eigenvalue weighted by Crippen LogP contribution is 2.27. The first-order chi connectivity index (χ1) is 13.1. The summed E-state index contributed by atoms with van der Waals surface area (Å²) in [7, 11) is 0. The number of anilines is 1. The van der Waals surface area contributed by atoms with Crippen molar-refractivity contribution in [3.8, 4) is 11.3 Å². The first-order valence-corrected chi connectivity index (χ1v) is 8.56. The molecule has 3 aromatic carbocycles. The van der Waals surface area contributed by atoms with Gasteiger partial charge in [0.2, 0.25) is 0 Å². The molecule has 0 fully saturated rings. The average Bonchev–Trinajstić information content (AvgIpc) is 2.67. The van der Waals surface area contributed by atoms with Gasteiger partial charge in [-0.2, -0.15) is 0 Å². The number of nitrogens with zero attached hydrogens (tertiary/aromatic N) is 2. The fourth-order valence-electron chi connectivity index (χ4n) is 2.85. The van der Waals surface area contributed by atoms with Gasteiger partial charge in [0.15, 0.2) is 0 Å². The van der Waals surface area contributed by atoms with E-state index in [4.69, 9.17) is 11.6 Å². The minimum Gasteiger partial charge on any atom is -0.322 e. The minimum absolute atomic E-state index is 0.0606. The van der Waals surface area contributed by atoms with Crippen LogP contribution in [0.1, 0.15) is 10.4 Å². The van der Waals surface area contributed by atoms with Crippen molar-refractivity contribution in [3.05, 3.63) is 89.5 Å². The maximum Gasteiger partial charge on any atom is 0.257 e. The Morgan fingerprint density at radius 3 is 2.67 bits per heavy atom. The van der Waals surface area contributed by atoms with E-state index in [1.165, 1.54) is 18.5 Å². The molecule has 0 unspecified atom stereocenters. The number of carbonyl (C=O) groups excluding carboxylic acids is 1. The summed E-state index contributed by atoms with van der Waals surface area (Å²) in [5.41, 5.74) is 3.25. The van der Waals surface area contributed by atoms with Gasteiger partial charge in [0.05, 0.1) is 21.8 Å². The Balaban J connectivity index is 1.67. The molecule has 0 saturated carbocycles. The highest BCUT2D eigenvalue weighted by molar-refractivity contribution is 6.34. The van der Waals surface area contributed by atoms with E-state index in [1.54, 1.807) is 6.07 Å². The van der Waals surface area contributed by atoms with Crippen molar-refractivity contribution in [1.82, 2.24) is 9.97 Å². The molecule has 6 heteroatoms. The summed E-state index contributed by atoms with van der Waals surface area (Å²) in [6, 6.07) is 18.7. The summed E-state index contributed by atoms with van der Waals surface area (Å²) in [6.45, 7) is 0. The van der Waals surface area contributed by atoms with Gasteiger partial charge in [-0.1, -0.05) is 41.9 Å². The summed E-state index contributed by atoms with van der Waals surface area (Å²) in [5, 5.41) is 3.77. The molecular formula is C21H13ClFN3O. The lowest BCUT2D eigenvalue weighted by atomic mass is 10.1. The van der Waals surface area contributed by atoms with E-state index in [-0.39, 0.29) is 10.6 Å². The van der Waals surface area contributed by atoms with Crippen molar-refractivity contribution in [2.45, 2.75) is 0 Å². The normalized spacial score (nSPS) is 10.7. The third-order valence-electron chi connectivity index (χ3n) is 4.11. The second kappa shape index (κ2) is 7.13. The number of hydrogen-bond donors (Lipinski definition) is 1. The average molecular weight is 378 g/mol. The van der Waals surface area contributed by atoms with Gasteiger partial charge in [-0.05, 0) is 36.4 Å². The van der Waals surface area contributed by atoms with E-state index in [0.717, 1.165) is 28.2 Å². The second-order valence-electron chi connectivity index (χ2n) is 5.90. The van der Waals surface area contributed by atoms with Gasteiger partial charge in [-0.15, -0.1) is 0 Å². The highest BCUT2D eigenvalue weighted by Gasteiger charge is 2.12. The lowest BCUT2D eigenvalue weighted by Crippen LogP contribution is -2.12. The topological polar surface area (TPSA) is 54.9 Å². The molecule has 4 nitrogen and oxygen atoms in total. The van der Waals surface area contributed by atoms with Gasteiger partial charge in [0.25, 0.3) is 5.91 Å². The van der Waals surface area contributed by atoms with Crippen molar-refractivity contribution >= 4 is 34.1 Å². The number of rotatable bonds is 3. The van der Waals surface area contributed by atoms with Crippen molar-refractivity contribution in [1.29, 1.82) is 0 Å². The molecular weight excluding hydrogens is 365 g/mol. The number of nitrogens with one attached hydrogen (secondary N) is 1. The molecule has 27 heavy (non-hydrogen) atoms. The van der Waals surface area contributed by atoms with Crippen LogP contribution in [0.5, 0.6) is 0 Å². The molecule has 132 valence electrons. The van der Waals surface area contributed by atoms with Crippen LogP contribution in [0.4, 0.5) is 10.1 Å². The molecule has 0 radical (unpaired) electrons. The third-order valence-corrected chi connectivity index (χ3v) is 4.43. The summed E-state index contributed by atoms with van der Waals surface area (Å²) >= 11 is 5.97. The van der Waals surface area contributed by atoms with Crippen LogP contribution < -0.4 is 5.32 Å². The number of carbonyl (C=O) groups is 1. The fraction of sp³-hybridized carbons (Fsp3) is 0. The highest BCUT2D eigenvalue weighted by atomic mass is 35.5. The molecule has 0 aliphatic carbocycles. The number of para-hydroxylation sites is 1. The fourth-order valence-corrected chi connectivity index (χ4v) is 3.10. The van der Waals surface area contributed by atoms with E-state index < -0.39 is 11.7 Å². The SMILES string of the molecule is O=C(Nc1cccc(-c2ncnc3ccccc23)c1)c1ccc(F)cc1Cl. The van der Waals surface area contributed by atoms with E-state index >= 15 is 0 Å². The van der Waals surface area contributed by atoms with Gasteiger partial charge in [-0.3, -0.25) is 4.79 Å². The monoisotopic (exact) mass is 377 g/mol. The van der Waals surface area contributed by atoms with Crippen molar-refractivity contribution < 1.29 is 9.18 Å². The molecule has 0 bridgehead atoms. The Labute approximate surface area is 159 Å². The number of hydrogen-bond acceptors (Lipinski definition) is 3. The van der Waals surface area contributed by atoms with Crippen LogP contribution in [-0.2, 0) is 0 Å². The van der Waals surface area contributed by atoms with Crippen molar-refractivity contribution in [3.63, 3.8) is 0 Å². The quantitative estimate of drug-likeness (QED) is 0.524. The second-order valence-corrected chi connectivity index (χ2v) is 6.31. The number of halogens is 2. The Morgan fingerprint density at radius 1 is 0.963 bits per heavy atom. The summed E-state index contributed by atoms with van der Waals surface area (Å²) in [4.78, 5) is 21.1. The zero-order valence-electron chi connectivity index (χ0n) is 14.0. The van der Waals surface area contributed by atoms with Crippen LogP contribution in [0.15, 0.2) is 73.1 Å². The smallest absolute Gasteiger partial charge is 0.257 e. The molecule has 0 atom stereocenters. The Hall–Kier alpha value is -3.31. The molecule has 4 aromatic rings. The van der Waals surface area contributed by atoms with Crippen molar-refractivity contribution in [2.75, 3.05) is 5.32 Å². The standard InChI is InChI=1S/C21H13ClFN3O/c22-18-11-14(23)8-9-16(18)21(27)26-15-5-3-4-13(10-15)20-17-6-1-2-7-19(17)24-12-25-20/h1-12H,(H,26,27). The van der Waals surface area contributed by atoms with Crippen LogP contribution in [0.25, 0.3) is 22.2 Å². The number of amides is 1. The zero-order valence-corrected chi connectivity index (χ0v) is 14.7. The van der Waals surface area contributed by atoms with Crippen molar-refractivity contribution in [2.24, 2.45) is 0 Å². The van der Waals surface area contributed by atoms with E-state index in [9.17, 15) is 9.18 Å². The van der Waals surface area contributed by atoms with E-state index in [0.29, 0.717) is 5.69 Å². The van der Waals surface area contributed by atoms with Gasteiger partial charge in [-0.25, -0.2) is 14.4 Å². The summed E-state index contributed by atoms with van der Waals surface area (Å²) in [6.07, 6.45) is 1.52. The first kappa shape index (κ1) is 17.1. The lowest BCUT2D eigenvalue weighted by molar-refractivity contribution is 0.102. The molecule has 1 aromatic heterocycles. The Bertz CT molecular complexity index is 1160. The first-order valence-electron chi connectivity index (χ1n) is 8.18. The summed E-state index contributed by atoms with van der Waals surface area (Å²) < 4.78 is 13.2. The van der Waals surface area contributed by atoms with Crippen LogP contribution in [0.3, 0.4) is 0 Å². The van der Waals surface area contributed by atoms with Gasteiger partial charge < -0.3 is 5.32 Å². The zero-order chi connectivity index (χ0) is 18.8. The minimum atomic E-state index is -0.491. The number of aromatic nitrogens is 2. The lowest BCUT2D eigenvalue weighted by Gasteiger charge is -2.10. The number of fused-ring (bicyclic) bond motifs is 1. The van der Waals surface area contributed by atoms with E-state index in [1.807, 2.05) is 42.5 Å².